The van der Waals surface area contributed by atoms with Gasteiger partial charge in [0.1, 0.15) is 0 Å². The normalized spacial score (nSPS) is 14.4. The van der Waals surface area contributed by atoms with Crippen molar-refractivity contribution in [1.29, 1.82) is 0 Å². The van der Waals surface area contributed by atoms with E-state index in [1.165, 1.54) is 105 Å². The minimum atomic E-state index is -0.175. The monoisotopic (exact) mass is 922 g/mol. The summed E-state index contributed by atoms with van der Waals surface area (Å²) in [6, 6.07) is 81.7. The molecule has 0 saturated carbocycles. The molecule has 11 aromatic rings. The number of fused-ring (bicyclic) bond motifs is 12. The van der Waals surface area contributed by atoms with Crippen LogP contribution in [-0.4, -0.2) is 0 Å². The number of hydrogen-bond donors (Lipinski definition) is 0. The van der Waals surface area contributed by atoms with E-state index in [2.05, 4.69) is 268 Å². The van der Waals surface area contributed by atoms with E-state index in [-0.39, 0.29) is 10.8 Å². The summed E-state index contributed by atoms with van der Waals surface area (Å²) < 4.78 is 0. The lowest BCUT2D eigenvalue weighted by atomic mass is 9.77. The average molecular weight is 923 g/mol. The van der Waals surface area contributed by atoms with Crippen LogP contribution in [0.5, 0.6) is 0 Å². The van der Waals surface area contributed by atoms with Crippen LogP contribution in [0.15, 0.2) is 224 Å². The van der Waals surface area contributed by atoms with Crippen LogP contribution in [-0.2, 0) is 17.3 Å². The zero-order valence-corrected chi connectivity index (χ0v) is 41.2. The Hall–Kier alpha value is -8.46. The maximum atomic E-state index is 2.47. The maximum Gasteiger partial charge on any atom is 0.0540 e. The Morgan fingerprint density at radius 2 is 0.792 bits per heavy atom. The highest BCUT2D eigenvalue weighted by molar-refractivity contribution is 6.02. The predicted octanol–water partition coefficient (Wildman–Crippen LogP) is 19.3. The van der Waals surface area contributed by atoms with Crippen LogP contribution in [0, 0.1) is 0 Å². The minimum Gasteiger partial charge on any atom is -0.310 e. The predicted molar refractivity (Wildman–Crippen MR) is 306 cm³/mol. The smallest absolute Gasteiger partial charge is 0.0540 e. The van der Waals surface area contributed by atoms with Crippen LogP contribution in [0.1, 0.15) is 67.5 Å². The number of hydrogen-bond acceptors (Lipinski definition) is 2. The Labute approximate surface area is 422 Å². The first kappa shape index (κ1) is 42.4. The molecule has 0 radical (unpaired) electrons. The van der Waals surface area contributed by atoms with E-state index in [1.807, 2.05) is 0 Å². The molecule has 0 fully saturated rings. The molecule has 344 valence electrons. The van der Waals surface area contributed by atoms with Crippen molar-refractivity contribution in [3.63, 3.8) is 0 Å². The third-order valence-corrected chi connectivity index (χ3v) is 16.4. The summed E-state index contributed by atoms with van der Waals surface area (Å²) >= 11 is 0. The highest BCUT2D eigenvalue weighted by atomic mass is 15.1. The number of benzene rings is 11. The van der Waals surface area contributed by atoms with E-state index in [0.717, 1.165) is 41.3 Å². The first-order chi connectivity index (χ1) is 35.2. The van der Waals surface area contributed by atoms with Gasteiger partial charge in [-0.15, -0.1) is 0 Å². The molecule has 11 aromatic carbocycles. The lowest BCUT2D eigenvalue weighted by Crippen LogP contribution is -2.19. The highest BCUT2D eigenvalue weighted by Gasteiger charge is 2.40. The first-order valence-corrected chi connectivity index (χ1v) is 25.6. The van der Waals surface area contributed by atoms with Crippen LogP contribution < -0.4 is 9.80 Å². The molecule has 14 rings (SSSR count). The van der Waals surface area contributed by atoms with E-state index in [4.69, 9.17) is 0 Å². The molecule has 0 aliphatic heterocycles. The van der Waals surface area contributed by atoms with E-state index < -0.39 is 0 Å². The molecule has 2 nitrogen and oxygen atoms in total. The summed E-state index contributed by atoms with van der Waals surface area (Å²) in [5, 5.41) is 7.52. The van der Waals surface area contributed by atoms with Crippen molar-refractivity contribution in [2.24, 2.45) is 0 Å². The molecule has 0 saturated heterocycles. The summed E-state index contributed by atoms with van der Waals surface area (Å²) in [5.74, 6) is 0. The second-order valence-electron chi connectivity index (χ2n) is 21.2. The molecule has 72 heavy (non-hydrogen) atoms. The van der Waals surface area contributed by atoms with Crippen LogP contribution in [0.4, 0.5) is 34.1 Å². The Kier molecular flexibility index (Phi) is 9.45. The number of nitrogens with zero attached hydrogens (tertiary/aromatic N) is 2. The van der Waals surface area contributed by atoms with Crippen molar-refractivity contribution >= 4 is 72.5 Å². The fraction of sp³-hybridized carbons (Fsp3) is 0.114. The van der Waals surface area contributed by atoms with E-state index in [0.29, 0.717) is 0 Å². The van der Waals surface area contributed by atoms with Crippen LogP contribution in [0.25, 0.3) is 71.8 Å². The summed E-state index contributed by atoms with van der Waals surface area (Å²) in [5.41, 5.74) is 22.9. The lowest BCUT2D eigenvalue weighted by Gasteiger charge is -2.30. The molecule has 0 N–H and O–H groups in total. The number of allylic oxidation sites excluding steroid dienone is 1. The Bertz CT molecular complexity index is 4030. The highest BCUT2D eigenvalue weighted by Crippen LogP contribution is 2.55. The molecule has 3 aliphatic carbocycles. The summed E-state index contributed by atoms with van der Waals surface area (Å²) in [6.45, 7) is 9.65. The summed E-state index contributed by atoms with van der Waals surface area (Å²) in [6.07, 6.45) is 6.84. The molecular weight excluding hydrogens is 869 g/mol. The van der Waals surface area contributed by atoms with Gasteiger partial charge in [0, 0.05) is 44.4 Å². The van der Waals surface area contributed by atoms with E-state index in [1.54, 1.807) is 0 Å². The molecule has 0 bridgehead atoms. The van der Waals surface area contributed by atoms with Gasteiger partial charge in [0.2, 0.25) is 0 Å². The molecule has 0 heterocycles. The van der Waals surface area contributed by atoms with Gasteiger partial charge in [-0.25, -0.2) is 0 Å². The Balaban J connectivity index is 0.846. The third kappa shape index (κ3) is 6.41. The second kappa shape index (κ2) is 16.0. The van der Waals surface area contributed by atoms with Crippen LogP contribution >= 0.6 is 0 Å². The van der Waals surface area contributed by atoms with Crippen molar-refractivity contribution in [2.45, 2.75) is 51.4 Å². The zero-order chi connectivity index (χ0) is 48.3. The molecule has 0 amide bonds. The van der Waals surface area contributed by atoms with Crippen LogP contribution in [0.2, 0.25) is 0 Å². The first-order valence-electron chi connectivity index (χ1n) is 25.6. The van der Waals surface area contributed by atoms with Crippen molar-refractivity contribution in [1.82, 2.24) is 0 Å². The number of rotatable bonds is 7. The fourth-order valence-electron chi connectivity index (χ4n) is 13.0. The molecule has 2 heteroatoms. The van der Waals surface area contributed by atoms with Crippen molar-refractivity contribution in [3.05, 3.63) is 258 Å². The van der Waals surface area contributed by atoms with Crippen molar-refractivity contribution in [3.8, 4) is 33.4 Å². The van der Waals surface area contributed by atoms with Crippen molar-refractivity contribution < 1.29 is 0 Å². The van der Waals surface area contributed by atoms with Gasteiger partial charge < -0.3 is 9.80 Å². The summed E-state index contributed by atoms with van der Waals surface area (Å²) in [4.78, 5) is 4.92. The Morgan fingerprint density at radius 3 is 1.35 bits per heavy atom. The zero-order valence-electron chi connectivity index (χ0n) is 41.2. The molecular formula is C70H54N2. The second-order valence-corrected chi connectivity index (χ2v) is 21.2. The number of anilines is 6. The van der Waals surface area contributed by atoms with Gasteiger partial charge in [-0.1, -0.05) is 198 Å². The van der Waals surface area contributed by atoms with Gasteiger partial charge in [-0.05, 0) is 162 Å². The third-order valence-electron chi connectivity index (χ3n) is 16.4. The topological polar surface area (TPSA) is 6.48 Å². The molecule has 0 unspecified atom stereocenters. The quantitative estimate of drug-likeness (QED) is 0.157. The van der Waals surface area contributed by atoms with Gasteiger partial charge in [0.05, 0.1) is 11.4 Å². The fourth-order valence-corrected chi connectivity index (χ4v) is 13.0. The molecule has 0 spiro atoms. The largest absolute Gasteiger partial charge is 0.310 e. The van der Waals surface area contributed by atoms with Gasteiger partial charge in [-0.2, -0.15) is 0 Å². The van der Waals surface area contributed by atoms with Gasteiger partial charge in [0.25, 0.3) is 0 Å². The lowest BCUT2D eigenvalue weighted by molar-refractivity contribution is 0.649. The molecule has 0 aromatic heterocycles. The maximum absolute atomic E-state index is 2.47. The van der Waals surface area contributed by atoms with E-state index in [9.17, 15) is 0 Å². The molecule has 0 atom stereocenters. The minimum absolute atomic E-state index is 0.126. The van der Waals surface area contributed by atoms with Gasteiger partial charge in [-0.3, -0.25) is 0 Å². The van der Waals surface area contributed by atoms with Gasteiger partial charge >= 0.3 is 0 Å². The molecule has 3 aliphatic rings. The van der Waals surface area contributed by atoms with Crippen LogP contribution in [0.3, 0.4) is 0 Å². The van der Waals surface area contributed by atoms with Crippen molar-refractivity contribution in [2.75, 3.05) is 9.80 Å². The van der Waals surface area contributed by atoms with Gasteiger partial charge in [0.15, 0.2) is 0 Å². The Morgan fingerprint density at radius 1 is 0.361 bits per heavy atom. The average Bonchev–Trinajstić information content (AvgIpc) is 3.81. The van der Waals surface area contributed by atoms with E-state index >= 15 is 0 Å². The summed E-state index contributed by atoms with van der Waals surface area (Å²) in [7, 11) is 0. The SMILES string of the molecule is CC1(C)c2cc(N(c3ccc(-c4ccc(N(c5ccc6c(c5)C(C)(C)c5c-6ccc6ccccc56)c5cccc6ccccc56)cc4)cc3)c3cccc4ccccc34)ccc2-c2ccc3c(c21)CCC=C3. The standard InChI is InChI=1S/C70H54N2/c1-69(2)63-43-53(37-41-59(63)61-39-31-49-17-7-11-23-57(49)67(61)69)71(65-25-13-19-47-15-5-9-21-55(47)65)51-33-27-45(28-34-51)46-29-35-52(36-30-46)72(66-26-14-20-48-16-6-10-22-56(48)66)54-38-42-60-62-40-32-50-18-8-12-24-58(50)68(62)70(3,4)64(60)44-54/h5-11,13-23,25-44H,12,24H2,1-4H3.